The summed E-state index contributed by atoms with van der Waals surface area (Å²) < 4.78 is 0. The summed E-state index contributed by atoms with van der Waals surface area (Å²) in [6, 6.07) is 15.8. The van der Waals surface area contributed by atoms with Gasteiger partial charge in [-0.15, -0.1) is 11.3 Å². The highest BCUT2D eigenvalue weighted by Gasteiger charge is 2.19. The molecule has 0 aliphatic heterocycles. The van der Waals surface area contributed by atoms with Crippen LogP contribution in [0.4, 0.5) is 0 Å². The van der Waals surface area contributed by atoms with Crippen LogP contribution < -0.4 is 5.32 Å². The maximum atomic E-state index is 12.5. The lowest BCUT2D eigenvalue weighted by Gasteiger charge is -2.22. The highest BCUT2D eigenvalue weighted by molar-refractivity contribution is 7.13. The molecule has 5 heteroatoms. The van der Waals surface area contributed by atoms with E-state index in [1.165, 1.54) is 11.3 Å². The van der Waals surface area contributed by atoms with Crippen molar-refractivity contribution < 1.29 is 4.79 Å². The summed E-state index contributed by atoms with van der Waals surface area (Å²) in [7, 11) is 0. The first-order valence-electron chi connectivity index (χ1n) is 8.33. The van der Waals surface area contributed by atoms with E-state index in [0.717, 1.165) is 22.0 Å². The standard InChI is InChI=1S/C20H21N3OS/c1-14(2)19(15-8-4-3-5-9-15)23-18(24)12-16-13-25-20(22-16)17-10-6-7-11-21-17/h3-11,13-14,19H,12H2,1-2H3,(H,23,24). The number of benzene rings is 1. The first kappa shape index (κ1) is 17.3. The number of carbonyl (C=O) groups is 1. The summed E-state index contributed by atoms with van der Waals surface area (Å²) in [5.41, 5.74) is 2.74. The summed E-state index contributed by atoms with van der Waals surface area (Å²) in [6.07, 6.45) is 2.02. The highest BCUT2D eigenvalue weighted by Crippen LogP contribution is 2.23. The summed E-state index contributed by atoms with van der Waals surface area (Å²) in [4.78, 5) is 21.3. The topological polar surface area (TPSA) is 54.9 Å². The molecule has 0 aliphatic carbocycles. The fraction of sp³-hybridized carbons (Fsp3) is 0.250. The fourth-order valence-electron chi connectivity index (χ4n) is 2.68. The molecule has 128 valence electrons. The molecule has 3 aromatic rings. The minimum absolute atomic E-state index is 0.00240. The average molecular weight is 351 g/mol. The van der Waals surface area contributed by atoms with Crippen molar-refractivity contribution in [1.82, 2.24) is 15.3 Å². The molecule has 0 fully saturated rings. The summed E-state index contributed by atoms with van der Waals surface area (Å²) >= 11 is 1.51. The van der Waals surface area contributed by atoms with E-state index in [-0.39, 0.29) is 18.4 Å². The molecule has 0 saturated carbocycles. The summed E-state index contributed by atoms with van der Waals surface area (Å²) in [5.74, 6) is 0.297. The number of thiazole rings is 1. The summed E-state index contributed by atoms with van der Waals surface area (Å²) in [6.45, 7) is 4.22. The Kier molecular flexibility index (Phi) is 5.56. The van der Waals surface area contributed by atoms with Crippen molar-refractivity contribution in [2.45, 2.75) is 26.3 Å². The smallest absolute Gasteiger partial charge is 0.226 e. The van der Waals surface area contributed by atoms with Crippen LogP contribution in [0.25, 0.3) is 10.7 Å². The van der Waals surface area contributed by atoms with Gasteiger partial charge in [0, 0.05) is 11.6 Å². The molecule has 1 aromatic carbocycles. The van der Waals surface area contributed by atoms with Crippen molar-refractivity contribution in [3.05, 3.63) is 71.4 Å². The Labute approximate surface area is 152 Å². The third-order valence-corrected chi connectivity index (χ3v) is 4.83. The normalized spacial score (nSPS) is 12.1. The van der Waals surface area contributed by atoms with E-state index in [9.17, 15) is 4.79 Å². The van der Waals surface area contributed by atoms with E-state index in [1.807, 2.05) is 53.9 Å². The van der Waals surface area contributed by atoms with Crippen molar-refractivity contribution in [3.63, 3.8) is 0 Å². The van der Waals surface area contributed by atoms with E-state index in [4.69, 9.17) is 0 Å². The van der Waals surface area contributed by atoms with E-state index in [0.29, 0.717) is 5.92 Å². The molecule has 1 unspecified atom stereocenters. The van der Waals surface area contributed by atoms with Gasteiger partial charge in [0.15, 0.2) is 0 Å². The molecular weight excluding hydrogens is 330 g/mol. The van der Waals surface area contributed by atoms with Crippen LogP contribution in [0, 0.1) is 5.92 Å². The maximum Gasteiger partial charge on any atom is 0.226 e. The van der Waals surface area contributed by atoms with Crippen LogP contribution in [0.15, 0.2) is 60.1 Å². The number of aromatic nitrogens is 2. The van der Waals surface area contributed by atoms with Crippen LogP contribution in [-0.4, -0.2) is 15.9 Å². The second-order valence-corrected chi connectivity index (χ2v) is 7.09. The van der Waals surface area contributed by atoms with Crippen LogP contribution >= 0.6 is 11.3 Å². The van der Waals surface area contributed by atoms with Gasteiger partial charge in [0.2, 0.25) is 5.91 Å². The second-order valence-electron chi connectivity index (χ2n) is 6.24. The van der Waals surface area contributed by atoms with Gasteiger partial charge >= 0.3 is 0 Å². The van der Waals surface area contributed by atoms with Crippen LogP contribution in [0.3, 0.4) is 0 Å². The lowest BCUT2D eigenvalue weighted by molar-refractivity contribution is -0.121. The molecule has 2 aromatic heterocycles. The van der Waals surface area contributed by atoms with E-state index < -0.39 is 0 Å². The zero-order valence-electron chi connectivity index (χ0n) is 14.3. The third-order valence-electron chi connectivity index (χ3n) is 3.92. The van der Waals surface area contributed by atoms with Crippen LogP contribution in [0.5, 0.6) is 0 Å². The minimum atomic E-state index is -0.0135. The van der Waals surface area contributed by atoms with Crippen LogP contribution in [-0.2, 0) is 11.2 Å². The Morgan fingerprint density at radius 1 is 1.12 bits per heavy atom. The van der Waals surface area contributed by atoms with Gasteiger partial charge in [-0.1, -0.05) is 50.2 Å². The van der Waals surface area contributed by atoms with Crippen molar-refractivity contribution in [2.75, 3.05) is 0 Å². The monoisotopic (exact) mass is 351 g/mol. The Bertz CT molecular complexity index is 815. The van der Waals surface area contributed by atoms with Gasteiger partial charge in [-0.2, -0.15) is 0 Å². The Hall–Kier alpha value is -2.53. The number of carbonyl (C=O) groups excluding carboxylic acids is 1. The van der Waals surface area contributed by atoms with E-state index >= 15 is 0 Å². The lowest BCUT2D eigenvalue weighted by atomic mass is 9.96. The van der Waals surface area contributed by atoms with Crippen LogP contribution in [0.1, 0.15) is 31.1 Å². The van der Waals surface area contributed by atoms with Gasteiger partial charge in [0.25, 0.3) is 0 Å². The number of hydrogen-bond acceptors (Lipinski definition) is 4. The number of rotatable bonds is 6. The molecule has 0 saturated heterocycles. The van der Waals surface area contributed by atoms with Crippen molar-refractivity contribution in [3.8, 4) is 10.7 Å². The van der Waals surface area contributed by atoms with Crippen molar-refractivity contribution >= 4 is 17.2 Å². The highest BCUT2D eigenvalue weighted by atomic mass is 32.1. The van der Waals surface area contributed by atoms with Gasteiger partial charge in [-0.05, 0) is 23.6 Å². The fourth-order valence-corrected chi connectivity index (χ4v) is 3.47. The van der Waals surface area contributed by atoms with Gasteiger partial charge < -0.3 is 5.32 Å². The van der Waals surface area contributed by atoms with Gasteiger partial charge in [0.05, 0.1) is 23.9 Å². The number of amides is 1. The largest absolute Gasteiger partial charge is 0.349 e. The van der Waals surface area contributed by atoms with Gasteiger partial charge in [-0.3, -0.25) is 9.78 Å². The molecule has 0 aliphatic rings. The molecule has 0 bridgehead atoms. The van der Waals surface area contributed by atoms with E-state index in [2.05, 4.69) is 29.1 Å². The molecule has 0 radical (unpaired) electrons. The SMILES string of the molecule is CC(C)C(NC(=O)Cc1csc(-c2ccccn2)n1)c1ccccc1. The molecular formula is C20H21N3OS. The molecule has 2 heterocycles. The van der Waals surface area contributed by atoms with Crippen LogP contribution in [0.2, 0.25) is 0 Å². The quantitative estimate of drug-likeness (QED) is 0.722. The minimum Gasteiger partial charge on any atom is -0.349 e. The number of hydrogen-bond donors (Lipinski definition) is 1. The molecule has 0 spiro atoms. The Balaban J connectivity index is 1.67. The summed E-state index contributed by atoms with van der Waals surface area (Å²) in [5, 5.41) is 5.91. The molecule has 25 heavy (non-hydrogen) atoms. The molecule has 1 N–H and O–H groups in total. The van der Waals surface area contributed by atoms with Gasteiger partial charge in [-0.25, -0.2) is 4.98 Å². The average Bonchev–Trinajstić information content (AvgIpc) is 3.09. The lowest BCUT2D eigenvalue weighted by Crippen LogP contribution is -2.32. The van der Waals surface area contributed by atoms with Crippen molar-refractivity contribution in [2.24, 2.45) is 5.92 Å². The maximum absolute atomic E-state index is 12.5. The second kappa shape index (κ2) is 8.03. The molecule has 3 rings (SSSR count). The first-order valence-corrected chi connectivity index (χ1v) is 9.21. The van der Waals surface area contributed by atoms with Crippen molar-refractivity contribution in [1.29, 1.82) is 0 Å². The predicted octanol–water partition coefficient (Wildman–Crippen LogP) is 4.26. The van der Waals surface area contributed by atoms with Gasteiger partial charge in [0.1, 0.15) is 5.01 Å². The molecule has 1 atom stereocenters. The molecule has 4 nitrogen and oxygen atoms in total. The zero-order valence-corrected chi connectivity index (χ0v) is 15.2. The number of pyridine rings is 1. The number of nitrogens with one attached hydrogen (secondary N) is 1. The predicted molar refractivity (Wildman–Crippen MR) is 101 cm³/mol. The number of nitrogens with zero attached hydrogens (tertiary/aromatic N) is 2. The third kappa shape index (κ3) is 4.51. The zero-order chi connectivity index (χ0) is 17.6. The first-order chi connectivity index (χ1) is 12.1. The Morgan fingerprint density at radius 3 is 2.56 bits per heavy atom. The van der Waals surface area contributed by atoms with E-state index in [1.54, 1.807) is 6.20 Å². The molecule has 1 amide bonds. The Morgan fingerprint density at radius 2 is 1.88 bits per heavy atom.